The van der Waals surface area contributed by atoms with E-state index < -0.39 is 0 Å². The Hall–Kier alpha value is -1.55. The van der Waals surface area contributed by atoms with Gasteiger partial charge in [0.1, 0.15) is 0 Å². The lowest BCUT2D eigenvalue weighted by Crippen LogP contribution is -1.97. The highest BCUT2D eigenvalue weighted by Crippen LogP contribution is 2.19. The second-order valence-corrected chi connectivity index (χ2v) is 11.6. The van der Waals surface area contributed by atoms with Crippen molar-refractivity contribution in [1.29, 1.82) is 5.26 Å². The van der Waals surface area contributed by atoms with Crippen LogP contribution in [-0.2, 0) is 0 Å². The van der Waals surface area contributed by atoms with Crippen molar-refractivity contribution in [2.75, 3.05) is 0 Å². The molecule has 0 spiro atoms. The minimum atomic E-state index is 0.293. The van der Waals surface area contributed by atoms with E-state index in [0.717, 1.165) is 25.7 Å². The zero-order chi connectivity index (χ0) is 28.3. The largest absolute Gasteiger partial charge is 0.198 e. The van der Waals surface area contributed by atoms with Gasteiger partial charge in [0, 0.05) is 5.92 Å². The van der Waals surface area contributed by atoms with Gasteiger partial charge in [-0.15, -0.1) is 0 Å². The van der Waals surface area contributed by atoms with Crippen LogP contribution in [0, 0.1) is 17.2 Å². The summed E-state index contributed by atoms with van der Waals surface area (Å²) in [6.07, 6.45) is 51.9. The normalized spacial score (nSPS) is 12.9. The maximum atomic E-state index is 9.51. The Balaban J connectivity index is 3.41. The lowest BCUT2D eigenvalue weighted by molar-refractivity contribution is 0.471. The van der Waals surface area contributed by atoms with E-state index >= 15 is 0 Å². The SMILES string of the molecule is CCCCCC=CCC=CCCCCCCCCC(C#N)CCCCCCCCC=CCC=CCCCCC. The van der Waals surface area contributed by atoms with Crippen molar-refractivity contribution in [2.24, 2.45) is 5.92 Å². The van der Waals surface area contributed by atoms with Gasteiger partial charge in [-0.2, -0.15) is 5.26 Å². The quantitative estimate of drug-likeness (QED) is 0.0660. The number of nitrogens with zero attached hydrogens (tertiary/aromatic N) is 1. The molecular weight excluding hydrogens is 470 g/mol. The Bertz CT molecular complexity index is 569. The number of nitriles is 1. The molecule has 0 rings (SSSR count). The average Bonchev–Trinajstić information content (AvgIpc) is 2.95. The molecule has 0 radical (unpaired) electrons. The zero-order valence-corrected chi connectivity index (χ0v) is 26.5. The van der Waals surface area contributed by atoms with Crippen LogP contribution in [0.5, 0.6) is 0 Å². The monoisotopic (exact) mass is 538 g/mol. The van der Waals surface area contributed by atoms with Crippen LogP contribution in [0.2, 0.25) is 0 Å². The van der Waals surface area contributed by atoms with E-state index in [1.54, 1.807) is 0 Å². The molecule has 0 atom stereocenters. The molecule has 0 aromatic heterocycles. The molecule has 0 bridgehead atoms. The van der Waals surface area contributed by atoms with Crippen LogP contribution in [-0.4, -0.2) is 0 Å². The van der Waals surface area contributed by atoms with E-state index in [1.165, 1.54) is 141 Å². The van der Waals surface area contributed by atoms with Crippen molar-refractivity contribution in [1.82, 2.24) is 0 Å². The first-order chi connectivity index (χ1) is 19.3. The van der Waals surface area contributed by atoms with Crippen LogP contribution >= 0.6 is 0 Å². The Labute approximate surface area is 246 Å². The third-order valence-electron chi connectivity index (χ3n) is 7.69. The van der Waals surface area contributed by atoms with Gasteiger partial charge in [0.25, 0.3) is 0 Å². The minimum absolute atomic E-state index is 0.293. The fourth-order valence-electron chi connectivity index (χ4n) is 5.03. The van der Waals surface area contributed by atoms with Crippen LogP contribution in [0.15, 0.2) is 48.6 Å². The zero-order valence-electron chi connectivity index (χ0n) is 26.5. The predicted octanol–water partition coefficient (Wildman–Crippen LogP) is 13.5. The molecule has 0 aliphatic carbocycles. The first-order valence-electron chi connectivity index (χ1n) is 17.3. The number of hydrogen-bond acceptors (Lipinski definition) is 1. The Kier molecular flexibility index (Phi) is 33.1. The molecule has 1 heteroatoms. The average molecular weight is 538 g/mol. The summed E-state index contributed by atoms with van der Waals surface area (Å²) in [4.78, 5) is 0. The van der Waals surface area contributed by atoms with Gasteiger partial charge >= 0.3 is 0 Å². The molecule has 0 fully saturated rings. The van der Waals surface area contributed by atoms with E-state index in [2.05, 4.69) is 68.5 Å². The fraction of sp³-hybridized carbons (Fsp3) is 0.763. The van der Waals surface area contributed by atoms with Gasteiger partial charge in [-0.3, -0.25) is 0 Å². The molecule has 0 saturated heterocycles. The lowest BCUT2D eigenvalue weighted by Gasteiger charge is -2.09. The summed E-state index contributed by atoms with van der Waals surface area (Å²) in [6, 6.07) is 2.58. The molecule has 0 N–H and O–H groups in total. The summed E-state index contributed by atoms with van der Waals surface area (Å²) < 4.78 is 0. The maximum absolute atomic E-state index is 9.51. The summed E-state index contributed by atoms with van der Waals surface area (Å²) in [5.74, 6) is 0.293. The van der Waals surface area contributed by atoms with Crippen LogP contribution in [0.25, 0.3) is 0 Å². The molecule has 1 nitrogen and oxygen atoms in total. The van der Waals surface area contributed by atoms with Gasteiger partial charge in [-0.05, 0) is 77.0 Å². The van der Waals surface area contributed by atoms with Crippen molar-refractivity contribution >= 4 is 0 Å². The Morgan fingerprint density at radius 2 is 0.718 bits per heavy atom. The number of hydrogen-bond donors (Lipinski definition) is 0. The third kappa shape index (κ3) is 32.6. The molecule has 0 heterocycles. The molecule has 0 aliphatic heterocycles. The first kappa shape index (κ1) is 37.5. The molecule has 0 unspecified atom stereocenters. The molecule has 0 amide bonds. The molecule has 39 heavy (non-hydrogen) atoms. The highest BCUT2D eigenvalue weighted by Gasteiger charge is 2.06. The number of rotatable bonds is 30. The summed E-state index contributed by atoms with van der Waals surface area (Å²) in [7, 11) is 0. The number of allylic oxidation sites excluding steroid dienone is 8. The van der Waals surface area contributed by atoms with Gasteiger partial charge in [0.15, 0.2) is 0 Å². The summed E-state index contributed by atoms with van der Waals surface area (Å²) in [5, 5.41) is 9.51. The molecule has 224 valence electrons. The molecule has 0 aromatic carbocycles. The van der Waals surface area contributed by atoms with E-state index in [9.17, 15) is 5.26 Å². The van der Waals surface area contributed by atoms with E-state index in [1.807, 2.05) is 0 Å². The van der Waals surface area contributed by atoms with E-state index in [-0.39, 0.29) is 0 Å². The van der Waals surface area contributed by atoms with Crippen molar-refractivity contribution < 1.29 is 0 Å². The maximum Gasteiger partial charge on any atom is 0.0655 e. The van der Waals surface area contributed by atoms with Gasteiger partial charge in [-0.25, -0.2) is 0 Å². The van der Waals surface area contributed by atoms with E-state index in [4.69, 9.17) is 0 Å². The van der Waals surface area contributed by atoms with Crippen LogP contribution < -0.4 is 0 Å². The third-order valence-corrected chi connectivity index (χ3v) is 7.69. The summed E-state index contributed by atoms with van der Waals surface area (Å²) in [5.41, 5.74) is 0. The Morgan fingerprint density at radius 3 is 1.05 bits per heavy atom. The lowest BCUT2D eigenvalue weighted by atomic mass is 9.95. The van der Waals surface area contributed by atoms with Crippen LogP contribution in [0.1, 0.15) is 181 Å². The van der Waals surface area contributed by atoms with Crippen molar-refractivity contribution in [3.8, 4) is 6.07 Å². The summed E-state index contributed by atoms with van der Waals surface area (Å²) >= 11 is 0. The Morgan fingerprint density at radius 1 is 0.410 bits per heavy atom. The number of unbranched alkanes of at least 4 members (excludes halogenated alkanes) is 18. The van der Waals surface area contributed by atoms with Gasteiger partial charge in [-0.1, -0.05) is 152 Å². The second kappa shape index (κ2) is 34.5. The van der Waals surface area contributed by atoms with Gasteiger partial charge in [0.2, 0.25) is 0 Å². The first-order valence-corrected chi connectivity index (χ1v) is 17.3. The summed E-state index contributed by atoms with van der Waals surface area (Å²) in [6.45, 7) is 4.52. The highest BCUT2D eigenvalue weighted by atomic mass is 14.3. The predicted molar refractivity (Wildman–Crippen MR) is 177 cm³/mol. The molecule has 0 aromatic rings. The standard InChI is InChI=1S/C38H67N/c1-3-5-7-9-11-13-15-17-19-21-23-25-27-29-31-33-35-38(37-39)36-34-32-30-28-26-24-22-20-18-16-14-12-10-8-6-4-2/h11-14,17-20,38H,3-10,15-16,21-36H2,1-2H3. The fourth-order valence-corrected chi connectivity index (χ4v) is 5.03. The highest BCUT2D eigenvalue weighted by molar-refractivity contribution is 4.93. The smallest absolute Gasteiger partial charge is 0.0655 e. The van der Waals surface area contributed by atoms with Crippen LogP contribution in [0.3, 0.4) is 0 Å². The van der Waals surface area contributed by atoms with Crippen LogP contribution in [0.4, 0.5) is 0 Å². The molecule has 0 aliphatic rings. The van der Waals surface area contributed by atoms with Crippen molar-refractivity contribution in [3.63, 3.8) is 0 Å². The molecular formula is C38H67N. The van der Waals surface area contributed by atoms with Gasteiger partial charge in [0.05, 0.1) is 6.07 Å². The van der Waals surface area contributed by atoms with E-state index in [0.29, 0.717) is 5.92 Å². The topological polar surface area (TPSA) is 23.8 Å². The van der Waals surface area contributed by atoms with Crippen molar-refractivity contribution in [2.45, 2.75) is 181 Å². The second-order valence-electron chi connectivity index (χ2n) is 11.6. The van der Waals surface area contributed by atoms with Crippen molar-refractivity contribution in [3.05, 3.63) is 48.6 Å². The minimum Gasteiger partial charge on any atom is -0.198 e. The van der Waals surface area contributed by atoms with Gasteiger partial charge < -0.3 is 0 Å². The molecule has 0 saturated carbocycles.